The Bertz CT molecular complexity index is 701. The predicted octanol–water partition coefficient (Wildman–Crippen LogP) is 1.56. The number of hydrogen-bond acceptors (Lipinski definition) is 6. The van der Waals surface area contributed by atoms with Crippen LogP contribution in [0.2, 0.25) is 0 Å². The molecule has 28 heavy (non-hydrogen) atoms. The Hall–Kier alpha value is -1.71. The molecular weight excluding hydrogens is 382 g/mol. The molecule has 0 aliphatic carbocycles. The number of hydrogen-bond donors (Lipinski definition) is 1. The summed E-state index contributed by atoms with van der Waals surface area (Å²) in [5, 5.41) is 2.92. The first-order valence-corrected chi connectivity index (χ1v) is 11.4. The van der Waals surface area contributed by atoms with E-state index in [-0.39, 0.29) is 17.6 Å². The van der Waals surface area contributed by atoms with Crippen molar-refractivity contribution in [2.24, 2.45) is 5.92 Å². The van der Waals surface area contributed by atoms with Gasteiger partial charge in [-0.1, -0.05) is 19.4 Å². The van der Waals surface area contributed by atoms with Gasteiger partial charge in [-0.25, -0.2) is 17.7 Å². The van der Waals surface area contributed by atoms with Gasteiger partial charge in [0.1, 0.15) is 6.61 Å². The summed E-state index contributed by atoms with van der Waals surface area (Å²) in [6.07, 6.45) is 4.31. The molecule has 1 fully saturated rings. The Labute approximate surface area is 167 Å². The third-order valence-electron chi connectivity index (χ3n) is 4.78. The second-order valence-electron chi connectivity index (χ2n) is 6.91. The lowest BCUT2D eigenvalue weighted by Crippen LogP contribution is -2.43. The summed E-state index contributed by atoms with van der Waals surface area (Å²) < 4.78 is 36.3. The van der Waals surface area contributed by atoms with Gasteiger partial charge in [0.15, 0.2) is 0 Å². The van der Waals surface area contributed by atoms with Crippen LogP contribution in [0.3, 0.4) is 0 Å². The summed E-state index contributed by atoms with van der Waals surface area (Å²) in [6, 6.07) is 3.62. The van der Waals surface area contributed by atoms with Gasteiger partial charge in [-0.3, -0.25) is 4.79 Å². The van der Waals surface area contributed by atoms with Gasteiger partial charge in [0.2, 0.25) is 21.8 Å². The van der Waals surface area contributed by atoms with Crippen LogP contribution < -0.4 is 10.1 Å². The predicted molar refractivity (Wildman–Crippen MR) is 106 cm³/mol. The van der Waals surface area contributed by atoms with Gasteiger partial charge in [-0.15, -0.1) is 0 Å². The summed E-state index contributed by atoms with van der Waals surface area (Å²) in [5.41, 5.74) is 0.882. The molecule has 1 saturated heterocycles. The molecule has 0 spiro atoms. The van der Waals surface area contributed by atoms with Crippen molar-refractivity contribution < 1.29 is 22.7 Å². The quantitative estimate of drug-likeness (QED) is 0.553. The van der Waals surface area contributed by atoms with Crippen LogP contribution in [0.5, 0.6) is 5.88 Å². The number of sulfonamides is 1. The molecule has 0 unspecified atom stereocenters. The van der Waals surface area contributed by atoms with Gasteiger partial charge in [-0.2, -0.15) is 0 Å². The number of pyridine rings is 1. The van der Waals surface area contributed by atoms with Crippen molar-refractivity contribution in [2.45, 2.75) is 39.2 Å². The minimum absolute atomic E-state index is 0.0361. The minimum Gasteiger partial charge on any atom is -0.475 e. The zero-order valence-corrected chi connectivity index (χ0v) is 17.5. The van der Waals surface area contributed by atoms with Crippen LogP contribution in [0.25, 0.3) is 0 Å². The van der Waals surface area contributed by atoms with E-state index < -0.39 is 10.0 Å². The van der Waals surface area contributed by atoms with E-state index in [0.717, 1.165) is 12.0 Å². The average Bonchev–Trinajstić information content (AvgIpc) is 2.72. The van der Waals surface area contributed by atoms with Crippen LogP contribution >= 0.6 is 0 Å². The van der Waals surface area contributed by atoms with Gasteiger partial charge in [-0.05, 0) is 24.8 Å². The van der Waals surface area contributed by atoms with Crippen LogP contribution in [0, 0.1) is 5.92 Å². The Kier molecular flexibility index (Phi) is 9.14. The third kappa shape index (κ3) is 7.03. The summed E-state index contributed by atoms with van der Waals surface area (Å²) in [5.74, 6) is 0.524. The van der Waals surface area contributed by atoms with E-state index in [1.807, 2.05) is 13.0 Å². The van der Waals surface area contributed by atoms with E-state index in [9.17, 15) is 13.2 Å². The molecule has 1 amide bonds. The van der Waals surface area contributed by atoms with Crippen LogP contribution in [0.1, 0.15) is 38.2 Å². The summed E-state index contributed by atoms with van der Waals surface area (Å²) >= 11 is 0. The lowest BCUT2D eigenvalue weighted by molar-refractivity contribution is -0.126. The highest BCUT2D eigenvalue weighted by molar-refractivity contribution is 7.89. The fourth-order valence-electron chi connectivity index (χ4n) is 3.02. The number of unbranched alkanes of at least 4 members (excludes halogenated alkanes) is 1. The van der Waals surface area contributed by atoms with Crippen LogP contribution in [0.4, 0.5) is 0 Å². The highest BCUT2D eigenvalue weighted by Gasteiger charge is 2.30. The first kappa shape index (κ1) is 22.6. The number of aromatic nitrogens is 1. The number of carbonyl (C=O) groups excluding carboxylic acids is 1. The van der Waals surface area contributed by atoms with Gasteiger partial charge in [0.05, 0.1) is 12.4 Å². The van der Waals surface area contributed by atoms with Crippen molar-refractivity contribution in [3.05, 3.63) is 23.9 Å². The van der Waals surface area contributed by atoms with E-state index in [0.29, 0.717) is 58.0 Å². The zero-order chi connectivity index (χ0) is 20.4. The second kappa shape index (κ2) is 11.3. The maximum absolute atomic E-state index is 12.4. The Morgan fingerprint density at radius 1 is 1.29 bits per heavy atom. The molecule has 1 aliphatic rings. The number of methoxy groups -OCH3 is 1. The standard InChI is InChI=1S/C19H31N3O5S/c1-3-4-13-28(24,25)22-9-7-17(8-10-22)19(23)21-15-16-5-6-18(20-14-16)27-12-11-26-2/h5-6,14,17H,3-4,7-13,15H2,1-2H3,(H,21,23). The van der Waals surface area contributed by atoms with E-state index in [4.69, 9.17) is 9.47 Å². The van der Waals surface area contributed by atoms with Gasteiger partial charge in [0.25, 0.3) is 0 Å². The molecule has 0 bridgehead atoms. The van der Waals surface area contributed by atoms with Gasteiger partial charge < -0.3 is 14.8 Å². The van der Waals surface area contributed by atoms with Crippen LogP contribution in [0.15, 0.2) is 18.3 Å². The van der Waals surface area contributed by atoms with E-state index in [1.165, 1.54) is 4.31 Å². The van der Waals surface area contributed by atoms with Crippen molar-refractivity contribution in [1.82, 2.24) is 14.6 Å². The first-order valence-electron chi connectivity index (χ1n) is 9.78. The van der Waals surface area contributed by atoms with Gasteiger partial charge in [0, 0.05) is 44.9 Å². The van der Waals surface area contributed by atoms with Crippen molar-refractivity contribution >= 4 is 15.9 Å². The molecule has 8 nitrogen and oxygen atoms in total. The number of ether oxygens (including phenoxy) is 2. The maximum atomic E-state index is 12.4. The van der Waals surface area contributed by atoms with Crippen molar-refractivity contribution in [3.63, 3.8) is 0 Å². The highest BCUT2D eigenvalue weighted by Crippen LogP contribution is 2.21. The topological polar surface area (TPSA) is 97.8 Å². The fourth-order valence-corrected chi connectivity index (χ4v) is 4.69. The molecule has 1 aromatic rings. The van der Waals surface area contributed by atoms with Crippen molar-refractivity contribution in [2.75, 3.05) is 39.2 Å². The average molecular weight is 414 g/mol. The van der Waals surface area contributed by atoms with E-state index in [1.54, 1.807) is 19.4 Å². The highest BCUT2D eigenvalue weighted by atomic mass is 32.2. The van der Waals surface area contributed by atoms with Crippen LogP contribution in [-0.2, 0) is 26.1 Å². The number of carbonyl (C=O) groups is 1. The van der Waals surface area contributed by atoms with Crippen LogP contribution in [-0.4, -0.2) is 62.8 Å². The molecule has 1 aliphatic heterocycles. The summed E-state index contributed by atoms with van der Waals surface area (Å²) in [4.78, 5) is 16.6. The molecule has 0 atom stereocenters. The molecule has 2 heterocycles. The Balaban J connectivity index is 1.74. The second-order valence-corrected chi connectivity index (χ2v) is 9.00. The number of amides is 1. The monoisotopic (exact) mass is 413 g/mol. The van der Waals surface area contributed by atoms with Crippen molar-refractivity contribution in [1.29, 1.82) is 0 Å². The Morgan fingerprint density at radius 2 is 2.04 bits per heavy atom. The minimum atomic E-state index is -3.19. The molecule has 2 rings (SSSR count). The fraction of sp³-hybridized carbons (Fsp3) is 0.684. The molecule has 9 heteroatoms. The lowest BCUT2D eigenvalue weighted by Gasteiger charge is -2.30. The molecule has 0 aromatic carbocycles. The number of nitrogens with one attached hydrogen (secondary N) is 1. The SMILES string of the molecule is CCCCS(=O)(=O)N1CCC(C(=O)NCc2ccc(OCCOC)nc2)CC1. The first-order chi connectivity index (χ1) is 13.5. The van der Waals surface area contributed by atoms with Gasteiger partial charge >= 0.3 is 0 Å². The molecule has 0 radical (unpaired) electrons. The molecule has 1 aromatic heterocycles. The van der Waals surface area contributed by atoms with E-state index >= 15 is 0 Å². The molecule has 0 saturated carbocycles. The van der Waals surface area contributed by atoms with E-state index in [2.05, 4.69) is 10.3 Å². The number of rotatable bonds is 11. The zero-order valence-electron chi connectivity index (χ0n) is 16.7. The number of piperidine rings is 1. The summed E-state index contributed by atoms with van der Waals surface area (Å²) in [6.45, 7) is 4.13. The molecule has 1 N–H and O–H groups in total. The number of nitrogens with zero attached hydrogens (tertiary/aromatic N) is 2. The molecular formula is C19H31N3O5S. The molecule has 158 valence electrons. The normalized spacial score (nSPS) is 16.1. The summed E-state index contributed by atoms with van der Waals surface area (Å²) in [7, 11) is -1.58. The smallest absolute Gasteiger partial charge is 0.223 e. The van der Waals surface area contributed by atoms with Crippen molar-refractivity contribution in [3.8, 4) is 5.88 Å². The Morgan fingerprint density at radius 3 is 2.64 bits per heavy atom. The largest absolute Gasteiger partial charge is 0.475 e. The maximum Gasteiger partial charge on any atom is 0.223 e. The lowest BCUT2D eigenvalue weighted by atomic mass is 9.97. The third-order valence-corrected chi connectivity index (χ3v) is 6.73.